The summed E-state index contributed by atoms with van der Waals surface area (Å²) in [4.78, 5) is 0. The van der Waals surface area contributed by atoms with Crippen LogP contribution >= 0.6 is 0 Å². The monoisotopic (exact) mass is 272 g/mol. The third-order valence-corrected chi connectivity index (χ3v) is 9.17. The first-order chi connectivity index (χ1) is 8.75. The van der Waals surface area contributed by atoms with Crippen molar-refractivity contribution in [3.63, 3.8) is 0 Å². The van der Waals surface area contributed by atoms with Crippen LogP contribution in [0.4, 0.5) is 0 Å². The van der Waals surface area contributed by atoms with Crippen LogP contribution in [0.3, 0.4) is 0 Å². The van der Waals surface area contributed by atoms with Gasteiger partial charge in [-0.05, 0) is 39.5 Å². The van der Waals surface area contributed by atoms with Gasteiger partial charge >= 0.3 is 8.56 Å². The predicted molar refractivity (Wildman–Crippen MR) is 80.2 cm³/mol. The van der Waals surface area contributed by atoms with Gasteiger partial charge < -0.3 is 8.85 Å². The molecule has 0 N–H and O–H groups in total. The normalized spacial score (nSPS) is 27.3. The Hall–Kier alpha value is 0.137. The van der Waals surface area contributed by atoms with Crippen LogP contribution in [0.25, 0.3) is 0 Å². The first kappa shape index (κ1) is 16.2. The molecule has 0 amide bonds. The van der Waals surface area contributed by atoms with Crippen molar-refractivity contribution in [1.82, 2.24) is 0 Å². The van der Waals surface area contributed by atoms with Gasteiger partial charge in [0.15, 0.2) is 0 Å². The minimum atomic E-state index is -1.98. The molecule has 1 aliphatic rings. The van der Waals surface area contributed by atoms with Crippen LogP contribution in [0, 0.1) is 0 Å². The molecule has 1 fully saturated rings. The van der Waals surface area contributed by atoms with E-state index in [-0.39, 0.29) is 0 Å². The Morgan fingerprint density at radius 1 is 0.833 bits per heavy atom. The van der Waals surface area contributed by atoms with Crippen LogP contribution in [0.5, 0.6) is 0 Å². The summed E-state index contributed by atoms with van der Waals surface area (Å²) in [6, 6.07) is 0. The van der Waals surface area contributed by atoms with E-state index in [2.05, 4.69) is 27.7 Å². The van der Waals surface area contributed by atoms with Gasteiger partial charge in [0.1, 0.15) is 0 Å². The molecule has 0 aromatic rings. The summed E-state index contributed by atoms with van der Waals surface area (Å²) >= 11 is 0. The van der Waals surface area contributed by atoms with Gasteiger partial charge in [0.2, 0.25) is 0 Å². The van der Waals surface area contributed by atoms with Crippen molar-refractivity contribution in [1.29, 1.82) is 0 Å². The van der Waals surface area contributed by atoms with E-state index in [1.807, 2.05) is 0 Å². The molecular formula is C15H32O2Si. The van der Waals surface area contributed by atoms with Gasteiger partial charge in [0.05, 0.1) is 0 Å². The largest absolute Gasteiger partial charge is 0.394 e. The lowest BCUT2D eigenvalue weighted by Gasteiger charge is -2.46. The minimum Gasteiger partial charge on any atom is -0.394 e. The molecule has 0 saturated carbocycles. The van der Waals surface area contributed by atoms with Gasteiger partial charge in [-0.3, -0.25) is 0 Å². The maximum absolute atomic E-state index is 6.36. The molecule has 3 heteroatoms. The van der Waals surface area contributed by atoms with Crippen molar-refractivity contribution in [3.8, 4) is 0 Å². The molecule has 2 unspecified atom stereocenters. The van der Waals surface area contributed by atoms with Crippen LogP contribution in [-0.4, -0.2) is 21.8 Å². The Kier molecular flexibility index (Phi) is 7.50. The van der Waals surface area contributed by atoms with E-state index in [4.69, 9.17) is 8.85 Å². The molecule has 0 aliphatic carbocycles. The van der Waals surface area contributed by atoms with Crippen molar-refractivity contribution in [2.24, 2.45) is 0 Å². The zero-order valence-electron chi connectivity index (χ0n) is 12.8. The SMILES string of the molecule is CCCC1CCCC(CCC)[Si]1(OCC)OCC. The third kappa shape index (κ3) is 3.58. The van der Waals surface area contributed by atoms with Crippen LogP contribution in [-0.2, 0) is 8.85 Å². The summed E-state index contributed by atoms with van der Waals surface area (Å²) in [5.41, 5.74) is 1.46. The van der Waals surface area contributed by atoms with Crippen LogP contribution in [0.1, 0.15) is 72.6 Å². The summed E-state index contributed by atoms with van der Waals surface area (Å²) in [6.45, 7) is 10.5. The Bertz CT molecular complexity index is 195. The van der Waals surface area contributed by atoms with Crippen molar-refractivity contribution in [2.75, 3.05) is 13.2 Å². The smallest absolute Gasteiger partial charge is 0.344 e. The van der Waals surface area contributed by atoms with Crippen LogP contribution < -0.4 is 0 Å². The lowest BCUT2D eigenvalue weighted by molar-refractivity contribution is 0.144. The standard InChI is InChI=1S/C15H32O2Si/c1-5-10-14-12-9-13-15(11-6-2)18(14,16-7-3)17-8-4/h14-15H,5-13H2,1-4H3. The molecule has 0 aromatic heterocycles. The lowest BCUT2D eigenvalue weighted by Crippen LogP contribution is -2.53. The lowest BCUT2D eigenvalue weighted by atomic mass is 10.1. The van der Waals surface area contributed by atoms with Crippen molar-refractivity contribution in [3.05, 3.63) is 0 Å². The zero-order chi connectivity index (χ0) is 13.4. The highest BCUT2D eigenvalue weighted by Gasteiger charge is 2.53. The minimum absolute atomic E-state index is 0.729. The first-order valence-corrected chi connectivity index (χ1v) is 10.00. The average molecular weight is 273 g/mol. The maximum Gasteiger partial charge on any atom is 0.344 e. The predicted octanol–water partition coefficient (Wildman–Crippen LogP) is 5.03. The fraction of sp³-hybridized carbons (Fsp3) is 1.00. The fourth-order valence-electron chi connectivity index (χ4n) is 3.70. The van der Waals surface area contributed by atoms with Crippen molar-refractivity contribution in [2.45, 2.75) is 83.7 Å². The van der Waals surface area contributed by atoms with E-state index in [1.54, 1.807) is 0 Å². The number of hydrogen-bond donors (Lipinski definition) is 0. The molecule has 2 nitrogen and oxygen atoms in total. The highest BCUT2D eigenvalue weighted by molar-refractivity contribution is 6.70. The molecule has 2 atom stereocenters. The Morgan fingerprint density at radius 2 is 1.28 bits per heavy atom. The molecule has 0 bridgehead atoms. The Labute approximate surface area is 115 Å². The molecule has 108 valence electrons. The first-order valence-electron chi connectivity index (χ1n) is 8.02. The van der Waals surface area contributed by atoms with E-state index in [0.29, 0.717) is 0 Å². The maximum atomic E-state index is 6.36. The Morgan fingerprint density at radius 3 is 1.61 bits per heavy atom. The van der Waals surface area contributed by atoms with Gasteiger partial charge in [0, 0.05) is 24.3 Å². The highest BCUT2D eigenvalue weighted by atomic mass is 28.4. The summed E-state index contributed by atoms with van der Waals surface area (Å²) in [5.74, 6) is 0. The molecule has 1 rings (SSSR count). The molecule has 0 radical (unpaired) electrons. The van der Waals surface area contributed by atoms with E-state index in [0.717, 1.165) is 24.3 Å². The van der Waals surface area contributed by atoms with Gasteiger partial charge in [-0.2, -0.15) is 0 Å². The topological polar surface area (TPSA) is 18.5 Å². The third-order valence-electron chi connectivity index (χ3n) is 4.26. The van der Waals surface area contributed by atoms with E-state index in [1.165, 1.54) is 44.9 Å². The van der Waals surface area contributed by atoms with E-state index in [9.17, 15) is 0 Å². The zero-order valence-corrected chi connectivity index (χ0v) is 13.8. The van der Waals surface area contributed by atoms with Gasteiger partial charge in [-0.15, -0.1) is 0 Å². The molecule has 18 heavy (non-hydrogen) atoms. The number of rotatable bonds is 8. The van der Waals surface area contributed by atoms with Crippen LogP contribution in [0.15, 0.2) is 0 Å². The molecule has 0 spiro atoms. The summed E-state index contributed by atoms with van der Waals surface area (Å²) in [7, 11) is -1.98. The highest BCUT2D eigenvalue weighted by Crippen LogP contribution is 2.49. The van der Waals surface area contributed by atoms with E-state index < -0.39 is 8.56 Å². The molecule has 0 aromatic carbocycles. The van der Waals surface area contributed by atoms with Crippen molar-refractivity contribution < 1.29 is 8.85 Å². The van der Waals surface area contributed by atoms with Gasteiger partial charge in [-0.1, -0.05) is 33.1 Å². The molecule has 1 heterocycles. The quantitative estimate of drug-likeness (QED) is 0.577. The van der Waals surface area contributed by atoms with E-state index >= 15 is 0 Å². The second-order valence-electron chi connectivity index (χ2n) is 5.49. The van der Waals surface area contributed by atoms with Crippen molar-refractivity contribution >= 4 is 8.56 Å². The van der Waals surface area contributed by atoms with Crippen LogP contribution in [0.2, 0.25) is 11.1 Å². The fourth-order valence-corrected chi connectivity index (χ4v) is 8.89. The molecule has 1 aliphatic heterocycles. The van der Waals surface area contributed by atoms with Gasteiger partial charge in [-0.25, -0.2) is 0 Å². The Balaban J connectivity index is 2.92. The second-order valence-corrected chi connectivity index (χ2v) is 9.14. The second kappa shape index (κ2) is 8.34. The molecule has 1 saturated heterocycles. The number of hydrogen-bond acceptors (Lipinski definition) is 2. The summed E-state index contributed by atoms with van der Waals surface area (Å²) < 4.78 is 12.7. The summed E-state index contributed by atoms with van der Waals surface area (Å²) in [5, 5.41) is 0. The summed E-state index contributed by atoms with van der Waals surface area (Å²) in [6.07, 6.45) is 9.17. The molecular weight excluding hydrogens is 240 g/mol. The van der Waals surface area contributed by atoms with Gasteiger partial charge in [0.25, 0.3) is 0 Å². The average Bonchev–Trinajstić information content (AvgIpc) is 2.35.